The fraction of sp³-hybridized carbons (Fsp3) is 0.571. The lowest BCUT2D eigenvalue weighted by molar-refractivity contribution is -0.385. The Balaban J connectivity index is 1.99. The highest BCUT2D eigenvalue weighted by Gasteiger charge is 2.44. The predicted octanol–water partition coefficient (Wildman–Crippen LogP) is 3.88. The van der Waals surface area contributed by atoms with Crippen molar-refractivity contribution in [3.8, 4) is 0 Å². The van der Waals surface area contributed by atoms with E-state index < -0.39 is 0 Å². The minimum absolute atomic E-state index is 0.185. The second-order valence-electron chi connectivity index (χ2n) is 5.65. The number of rotatable bonds is 6. The molecule has 0 saturated heterocycles. The minimum atomic E-state index is -0.321. The van der Waals surface area contributed by atoms with Crippen LogP contribution < -0.4 is 5.32 Å². The van der Waals surface area contributed by atoms with Gasteiger partial charge in [0.05, 0.1) is 4.92 Å². The lowest BCUT2D eigenvalue weighted by Gasteiger charge is -2.20. The minimum Gasteiger partial charge on any atom is -0.312 e. The monoisotopic (exact) mass is 326 g/mol. The van der Waals surface area contributed by atoms with Crippen LogP contribution in [-0.4, -0.2) is 11.5 Å². The van der Waals surface area contributed by atoms with Crippen molar-refractivity contribution >= 4 is 21.6 Å². The van der Waals surface area contributed by atoms with E-state index >= 15 is 0 Å². The molecule has 2 rings (SSSR count). The van der Waals surface area contributed by atoms with Gasteiger partial charge in [0.25, 0.3) is 5.69 Å². The van der Waals surface area contributed by atoms with Crippen molar-refractivity contribution in [2.45, 2.75) is 33.2 Å². The summed E-state index contributed by atoms with van der Waals surface area (Å²) in [6.45, 7) is 5.98. The SMILES string of the molecule is CC(C)C1(CNCc2cc(Br)ccc2[N+](=O)[O-])CC1. The molecule has 0 radical (unpaired) electrons. The standard InChI is InChI=1S/C14H19BrN2O2/c1-10(2)14(5-6-14)9-16-8-11-7-12(15)3-4-13(11)17(18)19/h3-4,7,10,16H,5-6,8-9H2,1-2H3. The van der Waals surface area contributed by atoms with Crippen LogP contribution in [-0.2, 0) is 6.54 Å². The molecule has 1 aromatic rings. The molecule has 1 aliphatic carbocycles. The van der Waals surface area contributed by atoms with Crippen LogP contribution in [0.4, 0.5) is 5.69 Å². The number of nitro groups is 1. The predicted molar refractivity (Wildman–Crippen MR) is 79.0 cm³/mol. The molecule has 1 aliphatic rings. The van der Waals surface area contributed by atoms with Gasteiger partial charge in [0, 0.05) is 29.2 Å². The Labute approximate surface area is 121 Å². The molecule has 1 aromatic carbocycles. The van der Waals surface area contributed by atoms with Gasteiger partial charge in [0.15, 0.2) is 0 Å². The van der Waals surface area contributed by atoms with Crippen molar-refractivity contribution in [1.82, 2.24) is 5.32 Å². The molecule has 1 N–H and O–H groups in total. The topological polar surface area (TPSA) is 55.2 Å². The maximum Gasteiger partial charge on any atom is 0.273 e. The van der Waals surface area contributed by atoms with E-state index in [2.05, 4.69) is 35.1 Å². The summed E-state index contributed by atoms with van der Waals surface area (Å²) in [5, 5.41) is 14.4. The summed E-state index contributed by atoms with van der Waals surface area (Å²) >= 11 is 3.36. The maximum atomic E-state index is 11.0. The van der Waals surface area contributed by atoms with Crippen molar-refractivity contribution in [3.63, 3.8) is 0 Å². The second kappa shape index (κ2) is 5.59. The fourth-order valence-corrected chi connectivity index (χ4v) is 2.85. The second-order valence-corrected chi connectivity index (χ2v) is 6.57. The van der Waals surface area contributed by atoms with Crippen LogP contribution in [0.5, 0.6) is 0 Å². The smallest absolute Gasteiger partial charge is 0.273 e. The van der Waals surface area contributed by atoms with E-state index in [0.29, 0.717) is 17.9 Å². The maximum absolute atomic E-state index is 11.0. The van der Waals surface area contributed by atoms with Crippen molar-refractivity contribution in [1.29, 1.82) is 0 Å². The number of nitro benzene ring substituents is 1. The Hall–Kier alpha value is -0.940. The van der Waals surface area contributed by atoms with Crippen LogP contribution >= 0.6 is 15.9 Å². The van der Waals surface area contributed by atoms with Gasteiger partial charge in [-0.2, -0.15) is 0 Å². The fourth-order valence-electron chi connectivity index (χ4n) is 2.44. The Kier molecular flexibility index (Phi) is 4.26. The number of hydrogen-bond donors (Lipinski definition) is 1. The van der Waals surface area contributed by atoms with Crippen LogP contribution in [0, 0.1) is 21.4 Å². The molecule has 19 heavy (non-hydrogen) atoms. The first-order valence-electron chi connectivity index (χ1n) is 6.58. The third-order valence-electron chi connectivity index (χ3n) is 4.15. The first-order chi connectivity index (χ1) is 8.94. The van der Waals surface area contributed by atoms with E-state index in [0.717, 1.165) is 16.6 Å². The number of nitrogens with one attached hydrogen (secondary N) is 1. The average Bonchev–Trinajstić information content (AvgIpc) is 3.10. The summed E-state index contributed by atoms with van der Waals surface area (Å²) in [5.74, 6) is 0.664. The van der Waals surface area contributed by atoms with Gasteiger partial charge in [0.1, 0.15) is 0 Å². The van der Waals surface area contributed by atoms with Gasteiger partial charge in [0.2, 0.25) is 0 Å². The van der Waals surface area contributed by atoms with Gasteiger partial charge in [-0.15, -0.1) is 0 Å². The zero-order chi connectivity index (χ0) is 14.0. The van der Waals surface area contributed by atoms with E-state index in [9.17, 15) is 10.1 Å². The number of hydrogen-bond acceptors (Lipinski definition) is 3. The Morgan fingerprint density at radius 2 is 2.16 bits per heavy atom. The Morgan fingerprint density at radius 1 is 1.47 bits per heavy atom. The lowest BCUT2D eigenvalue weighted by Crippen LogP contribution is -2.27. The van der Waals surface area contributed by atoms with Gasteiger partial charge in [-0.25, -0.2) is 0 Å². The highest BCUT2D eigenvalue weighted by Crippen LogP contribution is 2.51. The molecule has 0 unspecified atom stereocenters. The molecular weight excluding hydrogens is 308 g/mol. The van der Waals surface area contributed by atoms with Gasteiger partial charge in [-0.1, -0.05) is 29.8 Å². The van der Waals surface area contributed by atoms with Crippen LogP contribution in [0.3, 0.4) is 0 Å². The molecule has 1 saturated carbocycles. The van der Waals surface area contributed by atoms with Crippen molar-refractivity contribution < 1.29 is 4.92 Å². The van der Waals surface area contributed by atoms with Crippen LogP contribution in [0.2, 0.25) is 0 Å². The molecule has 0 spiro atoms. The normalized spacial score (nSPS) is 16.6. The summed E-state index contributed by atoms with van der Waals surface area (Å²) in [6, 6.07) is 5.08. The molecule has 0 aromatic heterocycles. The van der Waals surface area contributed by atoms with Gasteiger partial charge >= 0.3 is 0 Å². The summed E-state index contributed by atoms with van der Waals surface area (Å²) < 4.78 is 0.875. The lowest BCUT2D eigenvalue weighted by atomic mass is 9.92. The summed E-state index contributed by atoms with van der Waals surface area (Å²) in [7, 11) is 0. The van der Waals surface area contributed by atoms with Crippen molar-refractivity contribution in [2.24, 2.45) is 11.3 Å². The molecule has 0 bridgehead atoms. The highest BCUT2D eigenvalue weighted by molar-refractivity contribution is 9.10. The molecule has 0 amide bonds. The quantitative estimate of drug-likeness (QED) is 0.637. The zero-order valence-electron chi connectivity index (χ0n) is 11.3. The molecule has 4 nitrogen and oxygen atoms in total. The number of halogens is 1. The van der Waals surface area contributed by atoms with Crippen molar-refractivity contribution in [3.05, 3.63) is 38.3 Å². The van der Waals surface area contributed by atoms with E-state index in [1.165, 1.54) is 12.8 Å². The molecule has 104 valence electrons. The third-order valence-corrected chi connectivity index (χ3v) is 4.64. The van der Waals surface area contributed by atoms with E-state index in [1.807, 2.05) is 6.07 Å². The zero-order valence-corrected chi connectivity index (χ0v) is 12.9. The summed E-state index contributed by atoms with van der Waals surface area (Å²) in [4.78, 5) is 10.7. The molecule has 0 heterocycles. The van der Waals surface area contributed by atoms with Crippen LogP contribution in [0.15, 0.2) is 22.7 Å². The van der Waals surface area contributed by atoms with Gasteiger partial charge in [-0.3, -0.25) is 10.1 Å². The van der Waals surface area contributed by atoms with Crippen molar-refractivity contribution in [2.75, 3.05) is 6.54 Å². The summed E-state index contributed by atoms with van der Waals surface area (Å²) in [5.41, 5.74) is 1.34. The first kappa shape index (κ1) is 14.5. The molecular formula is C14H19BrN2O2. The molecule has 5 heteroatoms. The third kappa shape index (κ3) is 3.34. The van der Waals surface area contributed by atoms with E-state index in [1.54, 1.807) is 12.1 Å². The van der Waals surface area contributed by atoms with E-state index in [-0.39, 0.29) is 10.6 Å². The molecule has 0 aliphatic heterocycles. The summed E-state index contributed by atoms with van der Waals surface area (Å²) in [6.07, 6.45) is 2.52. The Bertz CT molecular complexity index is 484. The van der Waals surface area contributed by atoms with Crippen LogP contribution in [0.1, 0.15) is 32.3 Å². The molecule has 1 fully saturated rings. The van der Waals surface area contributed by atoms with Gasteiger partial charge < -0.3 is 5.32 Å². The largest absolute Gasteiger partial charge is 0.312 e. The van der Waals surface area contributed by atoms with E-state index in [4.69, 9.17) is 0 Å². The first-order valence-corrected chi connectivity index (χ1v) is 7.37. The number of nitrogens with zero attached hydrogens (tertiary/aromatic N) is 1. The Morgan fingerprint density at radius 3 is 2.68 bits per heavy atom. The molecule has 0 atom stereocenters. The van der Waals surface area contributed by atoms with Crippen LogP contribution in [0.25, 0.3) is 0 Å². The highest BCUT2D eigenvalue weighted by atomic mass is 79.9. The van der Waals surface area contributed by atoms with Gasteiger partial charge in [-0.05, 0) is 36.3 Å². The average molecular weight is 327 g/mol. The number of benzene rings is 1.